The van der Waals surface area contributed by atoms with Crippen molar-refractivity contribution in [1.82, 2.24) is 4.90 Å². The van der Waals surface area contributed by atoms with Gasteiger partial charge in [-0.1, -0.05) is 28.1 Å². The zero-order chi connectivity index (χ0) is 14.8. The van der Waals surface area contributed by atoms with Crippen LogP contribution in [0.3, 0.4) is 0 Å². The first-order chi connectivity index (χ1) is 9.35. The third kappa shape index (κ3) is 4.29. The van der Waals surface area contributed by atoms with Crippen molar-refractivity contribution in [2.45, 2.75) is 18.2 Å². The van der Waals surface area contributed by atoms with Crippen LogP contribution in [0.5, 0.6) is 0 Å². The third-order valence-corrected chi connectivity index (χ3v) is 5.15. The van der Waals surface area contributed by atoms with E-state index in [0.29, 0.717) is 18.7 Å². The van der Waals surface area contributed by atoms with Crippen molar-refractivity contribution in [2.24, 2.45) is 5.73 Å². The summed E-state index contributed by atoms with van der Waals surface area (Å²) in [6, 6.07) is 7.04. The van der Waals surface area contributed by atoms with E-state index in [9.17, 15) is 13.2 Å². The number of rotatable bonds is 4. The lowest BCUT2D eigenvalue weighted by atomic mass is 10.2. The predicted molar refractivity (Wildman–Crippen MR) is 80.8 cm³/mol. The van der Waals surface area contributed by atoms with Crippen molar-refractivity contribution in [3.8, 4) is 0 Å². The molecule has 1 saturated heterocycles. The lowest BCUT2D eigenvalue weighted by Gasteiger charge is -2.15. The quantitative estimate of drug-likeness (QED) is 0.865. The van der Waals surface area contributed by atoms with Crippen molar-refractivity contribution in [3.63, 3.8) is 0 Å². The molecule has 1 aromatic carbocycles. The molecule has 0 bridgehead atoms. The molecule has 1 atom stereocenters. The van der Waals surface area contributed by atoms with Gasteiger partial charge in [0.25, 0.3) is 0 Å². The molecule has 1 unspecified atom stereocenters. The molecule has 0 aromatic heterocycles. The molecule has 0 aliphatic carbocycles. The molecule has 0 saturated carbocycles. The van der Waals surface area contributed by atoms with E-state index in [2.05, 4.69) is 15.9 Å². The van der Waals surface area contributed by atoms with Gasteiger partial charge in [-0.15, -0.1) is 0 Å². The Balaban J connectivity index is 1.99. The zero-order valence-corrected chi connectivity index (χ0v) is 13.4. The number of sulfone groups is 1. The number of likely N-dealkylation sites (tertiary alicyclic amines) is 1. The standard InChI is InChI=1S/C13H17BrN2O3S/c14-11-3-1-2-10(6-11)8-20(18,19)9-13(17)16-5-4-12(15)7-16/h1-3,6,12H,4-5,7-9,15H2. The van der Waals surface area contributed by atoms with Gasteiger partial charge in [-0.3, -0.25) is 4.79 Å². The highest BCUT2D eigenvalue weighted by Crippen LogP contribution is 2.15. The topological polar surface area (TPSA) is 80.5 Å². The number of amides is 1. The smallest absolute Gasteiger partial charge is 0.237 e. The minimum absolute atomic E-state index is 0.0354. The second kappa shape index (κ2) is 6.24. The molecule has 1 amide bonds. The monoisotopic (exact) mass is 360 g/mol. The minimum atomic E-state index is -3.46. The van der Waals surface area contributed by atoms with Crippen molar-refractivity contribution in [1.29, 1.82) is 0 Å². The average molecular weight is 361 g/mol. The summed E-state index contributed by atoms with van der Waals surface area (Å²) in [5.74, 6) is -0.933. The van der Waals surface area contributed by atoms with Crippen LogP contribution in [-0.2, 0) is 20.4 Å². The van der Waals surface area contributed by atoms with Crippen LogP contribution < -0.4 is 5.73 Å². The fourth-order valence-corrected chi connectivity index (χ4v) is 4.02. The van der Waals surface area contributed by atoms with E-state index in [4.69, 9.17) is 5.73 Å². The van der Waals surface area contributed by atoms with Crippen molar-refractivity contribution in [3.05, 3.63) is 34.3 Å². The van der Waals surface area contributed by atoms with E-state index in [-0.39, 0.29) is 17.7 Å². The largest absolute Gasteiger partial charge is 0.340 e. The van der Waals surface area contributed by atoms with Crippen LogP contribution in [0.25, 0.3) is 0 Å². The van der Waals surface area contributed by atoms with Crippen LogP contribution in [0.2, 0.25) is 0 Å². The SMILES string of the molecule is NC1CCN(C(=O)CS(=O)(=O)Cc2cccc(Br)c2)C1. The Hall–Kier alpha value is -0.920. The van der Waals surface area contributed by atoms with Gasteiger partial charge >= 0.3 is 0 Å². The second-order valence-electron chi connectivity index (χ2n) is 5.05. The Morgan fingerprint density at radius 2 is 2.20 bits per heavy atom. The van der Waals surface area contributed by atoms with Crippen molar-refractivity contribution >= 4 is 31.7 Å². The molecular weight excluding hydrogens is 344 g/mol. The summed E-state index contributed by atoms with van der Waals surface area (Å²) in [6.07, 6.45) is 0.734. The van der Waals surface area contributed by atoms with Gasteiger partial charge in [0.05, 0.1) is 5.75 Å². The van der Waals surface area contributed by atoms with E-state index >= 15 is 0 Å². The highest BCUT2D eigenvalue weighted by molar-refractivity contribution is 9.10. The van der Waals surface area contributed by atoms with Crippen LogP contribution in [0.15, 0.2) is 28.7 Å². The maximum Gasteiger partial charge on any atom is 0.237 e. The van der Waals surface area contributed by atoms with Gasteiger partial charge < -0.3 is 10.6 Å². The van der Waals surface area contributed by atoms with Gasteiger partial charge in [-0.2, -0.15) is 0 Å². The van der Waals surface area contributed by atoms with E-state index in [1.165, 1.54) is 4.90 Å². The third-order valence-electron chi connectivity index (χ3n) is 3.20. The van der Waals surface area contributed by atoms with Crippen molar-refractivity contribution < 1.29 is 13.2 Å². The molecule has 5 nitrogen and oxygen atoms in total. The average Bonchev–Trinajstić information content (AvgIpc) is 2.74. The summed E-state index contributed by atoms with van der Waals surface area (Å²) in [5, 5.41) is 0. The summed E-state index contributed by atoms with van der Waals surface area (Å²) in [5.41, 5.74) is 6.39. The minimum Gasteiger partial charge on any atom is -0.340 e. The van der Waals surface area contributed by atoms with E-state index in [1.54, 1.807) is 18.2 Å². The Kier molecular flexibility index (Phi) is 4.82. The van der Waals surface area contributed by atoms with Gasteiger partial charge in [0, 0.05) is 23.6 Å². The molecule has 1 aliphatic rings. The van der Waals surface area contributed by atoms with Crippen molar-refractivity contribution in [2.75, 3.05) is 18.8 Å². The Morgan fingerprint density at radius 3 is 2.80 bits per heavy atom. The van der Waals surface area contributed by atoms with Gasteiger partial charge in [0.2, 0.25) is 5.91 Å². The summed E-state index contributed by atoms with van der Waals surface area (Å²) in [4.78, 5) is 13.5. The lowest BCUT2D eigenvalue weighted by Crippen LogP contribution is -2.36. The molecule has 7 heteroatoms. The molecule has 1 heterocycles. The van der Waals surface area contributed by atoms with E-state index in [0.717, 1.165) is 10.9 Å². The number of hydrogen-bond donors (Lipinski definition) is 1. The molecule has 1 aromatic rings. The lowest BCUT2D eigenvalue weighted by molar-refractivity contribution is -0.127. The molecule has 20 heavy (non-hydrogen) atoms. The number of nitrogens with two attached hydrogens (primary N) is 1. The molecule has 1 aliphatic heterocycles. The number of carbonyl (C=O) groups excluding carboxylic acids is 1. The maximum absolute atomic E-state index is 12.1. The van der Waals surface area contributed by atoms with Crippen LogP contribution in [-0.4, -0.2) is 44.1 Å². The molecule has 2 rings (SSSR count). The normalized spacial score (nSPS) is 19.3. The first kappa shape index (κ1) is 15.5. The number of hydrogen-bond acceptors (Lipinski definition) is 4. The summed E-state index contributed by atoms with van der Waals surface area (Å²) >= 11 is 3.30. The highest BCUT2D eigenvalue weighted by atomic mass is 79.9. The Morgan fingerprint density at radius 1 is 1.45 bits per heavy atom. The zero-order valence-electron chi connectivity index (χ0n) is 11.0. The van der Waals surface area contributed by atoms with Crippen LogP contribution in [0.1, 0.15) is 12.0 Å². The van der Waals surface area contributed by atoms with E-state index in [1.807, 2.05) is 6.07 Å². The number of halogens is 1. The predicted octanol–water partition coefficient (Wildman–Crippen LogP) is 0.924. The first-order valence-corrected chi connectivity index (χ1v) is 8.95. The molecule has 1 fully saturated rings. The van der Waals surface area contributed by atoms with Gasteiger partial charge in [0.1, 0.15) is 5.75 Å². The number of carbonyl (C=O) groups is 1. The first-order valence-electron chi connectivity index (χ1n) is 6.34. The second-order valence-corrected chi connectivity index (χ2v) is 8.03. The highest BCUT2D eigenvalue weighted by Gasteiger charge is 2.27. The summed E-state index contributed by atoms with van der Waals surface area (Å²) in [7, 11) is -3.46. The van der Waals surface area contributed by atoms with Crippen LogP contribution >= 0.6 is 15.9 Å². The molecule has 110 valence electrons. The molecule has 0 radical (unpaired) electrons. The number of nitrogens with zero attached hydrogens (tertiary/aromatic N) is 1. The van der Waals surface area contributed by atoms with E-state index < -0.39 is 15.6 Å². The maximum atomic E-state index is 12.1. The summed E-state index contributed by atoms with van der Waals surface area (Å²) in [6.45, 7) is 0.998. The molecule has 0 spiro atoms. The van der Waals surface area contributed by atoms with Crippen LogP contribution in [0.4, 0.5) is 0 Å². The Bertz CT molecular complexity index is 603. The van der Waals surface area contributed by atoms with Gasteiger partial charge in [-0.25, -0.2) is 8.42 Å². The molecular formula is C13H17BrN2O3S. The van der Waals surface area contributed by atoms with Gasteiger partial charge in [-0.05, 0) is 24.1 Å². The molecule has 2 N–H and O–H groups in total. The number of benzene rings is 1. The Labute approximate surface area is 127 Å². The van der Waals surface area contributed by atoms with Crippen LogP contribution in [0, 0.1) is 0 Å². The summed E-state index contributed by atoms with van der Waals surface area (Å²) < 4.78 is 25.0. The fraction of sp³-hybridized carbons (Fsp3) is 0.462. The van der Waals surface area contributed by atoms with Gasteiger partial charge in [0.15, 0.2) is 9.84 Å². The fourth-order valence-electron chi connectivity index (χ4n) is 2.22.